The van der Waals surface area contributed by atoms with Crippen LogP contribution < -0.4 is 4.74 Å². The zero-order valence-electron chi connectivity index (χ0n) is 14.4. The number of furan rings is 1. The highest BCUT2D eigenvalue weighted by molar-refractivity contribution is 7.90. The number of aromatic carboxylic acids is 1. The van der Waals surface area contributed by atoms with Gasteiger partial charge in [-0.3, -0.25) is 0 Å². The van der Waals surface area contributed by atoms with E-state index < -0.39 is 27.7 Å². The minimum absolute atomic E-state index is 0.134. The summed E-state index contributed by atoms with van der Waals surface area (Å²) >= 11 is 0. The van der Waals surface area contributed by atoms with Crippen LogP contribution in [0.25, 0.3) is 11.1 Å². The second-order valence-electron chi connectivity index (χ2n) is 6.31. The van der Waals surface area contributed by atoms with Gasteiger partial charge in [0.15, 0.2) is 21.7 Å². The largest absolute Gasteiger partial charge is 0.481 e. The Bertz CT molecular complexity index is 1130. The average Bonchev–Trinajstić information content (AvgIpc) is 3.12. The smallest absolute Gasteiger partial charge is 0.339 e. The topological polar surface area (TPSA) is 93.8 Å². The molecule has 0 amide bonds. The summed E-state index contributed by atoms with van der Waals surface area (Å²) in [5, 5.41) is 9.78. The second-order valence-corrected chi connectivity index (χ2v) is 8.30. The lowest BCUT2D eigenvalue weighted by Crippen LogP contribution is -2.16. The quantitative estimate of drug-likeness (QED) is 0.729. The van der Waals surface area contributed by atoms with Crippen LogP contribution in [0.2, 0.25) is 0 Å². The van der Waals surface area contributed by atoms with E-state index in [0.717, 1.165) is 5.56 Å². The molecular formula is C20H16O6S. The molecular weight excluding hydrogens is 368 g/mol. The molecule has 0 saturated carbocycles. The molecule has 0 aliphatic carbocycles. The molecule has 1 aliphatic heterocycles. The summed E-state index contributed by atoms with van der Waals surface area (Å²) in [6.45, 7) is 1.75. The van der Waals surface area contributed by atoms with Crippen LogP contribution in [0.3, 0.4) is 0 Å². The number of ether oxygens (including phenoxy) is 1. The van der Waals surface area contributed by atoms with E-state index >= 15 is 0 Å². The number of benzene rings is 2. The lowest BCUT2D eigenvalue weighted by molar-refractivity contribution is 0.0687. The predicted octanol–water partition coefficient (Wildman–Crippen LogP) is 4.07. The fourth-order valence-corrected chi connectivity index (χ4v) is 4.71. The van der Waals surface area contributed by atoms with Gasteiger partial charge in [-0.2, -0.15) is 0 Å². The Morgan fingerprint density at radius 2 is 1.81 bits per heavy atom. The van der Waals surface area contributed by atoms with Crippen LogP contribution in [0, 0.1) is 0 Å². The van der Waals surface area contributed by atoms with Crippen molar-refractivity contribution in [2.75, 3.05) is 0 Å². The van der Waals surface area contributed by atoms with Gasteiger partial charge < -0.3 is 14.3 Å². The van der Waals surface area contributed by atoms with Crippen molar-refractivity contribution in [3.63, 3.8) is 0 Å². The summed E-state index contributed by atoms with van der Waals surface area (Å²) in [5.74, 6) is -0.875. The van der Waals surface area contributed by atoms with Crippen LogP contribution in [0.5, 0.6) is 5.75 Å². The van der Waals surface area contributed by atoms with Crippen molar-refractivity contribution in [3.05, 3.63) is 71.7 Å². The number of carboxylic acid groups (broad SMARTS) is 1. The summed E-state index contributed by atoms with van der Waals surface area (Å²) in [6.07, 6.45) is 1.05. The van der Waals surface area contributed by atoms with Gasteiger partial charge in [0.05, 0.1) is 16.9 Å². The van der Waals surface area contributed by atoms with Gasteiger partial charge >= 0.3 is 5.97 Å². The van der Waals surface area contributed by atoms with Gasteiger partial charge in [-0.15, -0.1) is 0 Å². The van der Waals surface area contributed by atoms with Gasteiger partial charge in [-0.1, -0.05) is 30.3 Å². The molecule has 6 nitrogen and oxygen atoms in total. The number of carbonyl (C=O) groups is 1. The molecule has 1 aromatic heterocycles. The van der Waals surface area contributed by atoms with E-state index in [1.807, 2.05) is 0 Å². The van der Waals surface area contributed by atoms with Crippen LogP contribution >= 0.6 is 0 Å². The summed E-state index contributed by atoms with van der Waals surface area (Å²) in [7, 11) is -3.70. The molecule has 4 rings (SSSR count). The zero-order valence-corrected chi connectivity index (χ0v) is 15.2. The zero-order chi connectivity index (χ0) is 19.2. The lowest BCUT2D eigenvalue weighted by atomic mass is 9.95. The van der Waals surface area contributed by atoms with Crippen LogP contribution in [-0.4, -0.2) is 19.5 Å². The molecule has 0 spiro atoms. The summed E-state index contributed by atoms with van der Waals surface area (Å²) in [5.41, 5.74) is 1.38. The number of carboxylic acids is 1. The third-order valence-corrected chi connectivity index (χ3v) is 6.24. The minimum atomic E-state index is -3.70. The highest BCUT2D eigenvalue weighted by Crippen LogP contribution is 2.46. The first-order valence-corrected chi connectivity index (χ1v) is 9.95. The Labute approximate surface area is 155 Å². The molecule has 0 radical (unpaired) electrons. The minimum Gasteiger partial charge on any atom is -0.481 e. The molecule has 1 aliphatic rings. The van der Waals surface area contributed by atoms with Crippen molar-refractivity contribution < 1.29 is 27.5 Å². The van der Waals surface area contributed by atoms with Gasteiger partial charge in [-0.05, 0) is 30.7 Å². The molecule has 3 aromatic rings. The molecule has 1 unspecified atom stereocenters. The third-order valence-electron chi connectivity index (χ3n) is 4.55. The fraction of sp³-hybridized carbons (Fsp3) is 0.150. The second kappa shape index (κ2) is 6.28. The Kier molecular flexibility index (Phi) is 4.04. The number of hydrogen-bond acceptors (Lipinski definition) is 5. The van der Waals surface area contributed by atoms with Crippen molar-refractivity contribution in [3.8, 4) is 16.9 Å². The van der Waals surface area contributed by atoms with E-state index in [1.54, 1.807) is 37.3 Å². The van der Waals surface area contributed by atoms with Crippen molar-refractivity contribution in [2.24, 2.45) is 0 Å². The predicted molar refractivity (Wildman–Crippen MR) is 97.5 cm³/mol. The maximum atomic E-state index is 12.7. The van der Waals surface area contributed by atoms with Gasteiger partial charge in [0.2, 0.25) is 0 Å². The van der Waals surface area contributed by atoms with Crippen LogP contribution in [0.4, 0.5) is 0 Å². The molecule has 27 heavy (non-hydrogen) atoms. The molecule has 7 heteroatoms. The van der Waals surface area contributed by atoms with Crippen molar-refractivity contribution >= 4 is 15.8 Å². The van der Waals surface area contributed by atoms with Crippen LogP contribution in [-0.2, 0) is 15.6 Å². The Hall–Kier alpha value is -3.06. The molecule has 1 N–H and O–H groups in total. The highest BCUT2D eigenvalue weighted by atomic mass is 32.2. The monoisotopic (exact) mass is 384 g/mol. The number of sulfone groups is 1. The lowest BCUT2D eigenvalue weighted by Gasteiger charge is -2.25. The third kappa shape index (κ3) is 2.90. The van der Waals surface area contributed by atoms with Gasteiger partial charge in [0.1, 0.15) is 11.3 Å². The van der Waals surface area contributed by atoms with Crippen molar-refractivity contribution in [1.29, 1.82) is 0 Å². The van der Waals surface area contributed by atoms with E-state index in [1.165, 1.54) is 24.5 Å². The van der Waals surface area contributed by atoms with E-state index in [0.29, 0.717) is 11.3 Å². The Balaban J connectivity index is 1.85. The van der Waals surface area contributed by atoms with Crippen molar-refractivity contribution in [1.82, 2.24) is 0 Å². The first-order chi connectivity index (χ1) is 12.9. The average molecular weight is 384 g/mol. The van der Waals surface area contributed by atoms with Gasteiger partial charge in [0.25, 0.3) is 0 Å². The van der Waals surface area contributed by atoms with E-state index in [2.05, 4.69) is 0 Å². The van der Waals surface area contributed by atoms with Crippen LogP contribution in [0.1, 0.15) is 34.7 Å². The molecule has 0 saturated heterocycles. The fourth-order valence-electron chi connectivity index (χ4n) is 3.32. The molecule has 0 fully saturated rings. The number of fused-ring (bicyclic) bond motifs is 3. The molecule has 0 bridgehead atoms. The standard InChI is InChI=1S/C20H16O6S/c1-12-18-16(9-10-25-18)15-8-7-13(17(20(21)22)19(15)26-12)11-27(23,24)14-5-3-2-4-6-14/h2-10,12H,11H2,1H3,(H,21,22). The van der Waals surface area contributed by atoms with Gasteiger partial charge in [-0.25, -0.2) is 13.2 Å². The Morgan fingerprint density at radius 3 is 2.52 bits per heavy atom. The SMILES string of the molecule is CC1Oc2c(ccc(CS(=O)(=O)c3ccccc3)c2C(=O)O)-c2ccoc21. The number of rotatable bonds is 4. The van der Waals surface area contributed by atoms with E-state index in [-0.39, 0.29) is 21.8 Å². The molecule has 2 heterocycles. The maximum absolute atomic E-state index is 12.7. The first kappa shape index (κ1) is 17.4. The number of hydrogen-bond donors (Lipinski definition) is 1. The molecule has 1 atom stereocenters. The molecule has 138 valence electrons. The van der Waals surface area contributed by atoms with E-state index in [9.17, 15) is 18.3 Å². The summed E-state index contributed by atoms with van der Waals surface area (Å²) < 4.78 is 36.7. The van der Waals surface area contributed by atoms with Crippen molar-refractivity contribution in [2.45, 2.75) is 23.7 Å². The normalized spacial score (nSPS) is 15.5. The Morgan fingerprint density at radius 1 is 1.07 bits per heavy atom. The van der Waals surface area contributed by atoms with E-state index in [4.69, 9.17) is 9.15 Å². The molecule has 2 aromatic carbocycles. The first-order valence-electron chi connectivity index (χ1n) is 8.30. The summed E-state index contributed by atoms with van der Waals surface area (Å²) in [4.78, 5) is 12.1. The van der Waals surface area contributed by atoms with Gasteiger partial charge in [0, 0.05) is 11.1 Å². The van der Waals surface area contributed by atoms with Crippen LogP contribution in [0.15, 0.2) is 64.1 Å². The highest BCUT2D eigenvalue weighted by Gasteiger charge is 2.32. The maximum Gasteiger partial charge on any atom is 0.339 e. The summed E-state index contributed by atoms with van der Waals surface area (Å²) in [6, 6.07) is 12.9.